The molecule has 1 fully saturated rings. The monoisotopic (exact) mass is 315 g/mol. The summed E-state index contributed by atoms with van der Waals surface area (Å²) in [6.45, 7) is 0.255. The van der Waals surface area contributed by atoms with Crippen LogP contribution in [0, 0.1) is 5.82 Å². The predicted octanol–water partition coefficient (Wildman–Crippen LogP) is 0.813. The summed E-state index contributed by atoms with van der Waals surface area (Å²) in [5, 5.41) is 2.47. The summed E-state index contributed by atoms with van der Waals surface area (Å²) in [6.07, 6.45) is 1.94. The molecule has 0 bridgehead atoms. The first-order chi connectivity index (χ1) is 9.60. The highest BCUT2D eigenvalue weighted by Gasteiger charge is 2.32. The van der Waals surface area contributed by atoms with Crippen molar-refractivity contribution >= 4 is 24.2 Å². The van der Waals surface area contributed by atoms with Crippen molar-refractivity contribution in [3.05, 3.63) is 35.6 Å². The van der Waals surface area contributed by atoms with Crippen molar-refractivity contribution in [3.63, 3.8) is 0 Å². The molecule has 0 heterocycles. The summed E-state index contributed by atoms with van der Waals surface area (Å²) in [5.74, 6) is -0.789. The van der Waals surface area contributed by atoms with E-state index in [-0.39, 0.29) is 49.2 Å². The first-order valence-electron chi connectivity index (χ1n) is 6.61. The molecule has 2 amide bonds. The number of carbonyl (C=O) groups excluding carboxylic acids is 2. The minimum atomic E-state index is -0.351. The molecule has 1 aromatic rings. The van der Waals surface area contributed by atoms with Crippen LogP contribution in [0.5, 0.6) is 0 Å². The Morgan fingerprint density at radius 1 is 1.29 bits per heavy atom. The van der Waals surface area contributed by atoms with Gasteiger partial charge in [0.15, 0.2) is 0 Å². The second kappa shape index (κ2) is 7.95. The second-order valence-electron chi connectivity index (χ2n) is 4.86. The highest BCUT2D eigenvalue weighted by molar-refractivity contribution is 5.86. The van der Waals surface area contributed by atoms with E-state index in [2.05, 4.69) is 5.32 Å². The van der Waals surface area contributed by atoms with Gasteiger partial charge < -0.3 is 16.0 Å². The van der Waals surface area contributed by atoms with Crippen LogP contribution in [0.2, 0.25) is 0 Å². The lowest BCUT2D eigenvalue weighted by Crippen LogP contribution is -2.42. The highest BCUT2D eigenvalue weighted by atomic mass is 35.5. The van der Waals surface area contributed by atoms with E-state index in [1.165, 1.54) is 12.1 Å². The van der Waals surface area contributed by atoms with Gasteiger partial charge in [-0.2, -0.15) is 0 Å². The number of rotatable bonds is 6. The van der Waals surface area contributed by atoms with Gasteiger partial charge >= 0.3 is 0 Å². The van der Waals surface area contributed by atoms with Crippen LogP contribution in [0.25, 0.3) is 0 Å². The number of hydrogen-bond donors (Lipinski definition) is 2. The fourth-order valence-electron chi connectivity index (χ4n) is 1.94. The number of benzene rings is 1. The van der Waals surface area contributed by atoms with Crippen LogP contribution in [0.1, 0.15) is 18.4 Å². The molecular formula is C14H19ClFN3O2. The smallest absolute Gasteiger partial charge is 0.242 e. The van der Waals surface area contributed by atoms with Gasteiger partial charge in [-0.1, -0.05) is 12.1 Å². The van der Waals surface area contributed by atoms with Crippen molar-refractivity contribution in [1.82, 2.24) is 10.2 Å². The number of halogens is 2. The number of nitrogens with two attached hydrogens (primary N) is 1. The molecular weight excluding hydrogens is 297 g/mol. The number of carbonyl (C=O) groups is 2. The molecule has 0 saturated heterocycles. The molecule has 3 N–H and O–H groups in total. The van der Waals surface area contributed by atoms with Gasteiger partial charge in [-0.05, 0) is 30.5 Å². The maximum absolute atomic E-state index is 12.9. The lowest BCUT2D eigenvalue weighted by Gasteiger charge is -2.22. The summed E-state index contributed by atoms with van der Waals surface area (Å²) in [6, 6.07) is 6.30. The van der Waals surface area contributed by atoms with E-state index < -0.39 is 0 Å². The first kappa shape index (κ1) is 17.4. The molecule has 0 spiro atoms. The van der Waals surface area contributed by atoms with Crippen LogP contribution in [0.3, 0.4) is 0 Å². The molecule has 2 rings (SSSR count). The first-order valence-corrected chi connectivity index (χ1v) is 6.61. The van der Waals surface area contributed by atoms with Gasteiger partial charge in [0.1, 0.15) is 5.82 Å². The Kier molecular flexibility index (Phi) is 6.58. The van der Waals surface area contributed by atoms with Crippen LogP contribution < -0.4 is 11.1 Å². The lowest BCUT2D eigenvalue weighted by atomic mass is 10.2. The van der Waals surface area contributed by atoms with E-state index in [0.29, 0.717) is 6.54 Å². The van der Waals surface area contributed by atoms with E-state index in [4.69, 9.17) is 5.73 Å². The molecule has 21 heavy (non-hydrogen) atoms. The van der Waals surface area contributed by atoms with E-state index in [0.717, 1.165) is 18.4 Å². The van der Waals surface area contributed by atoms with Crippen molar-refractivity contribution in [2.45, 2.75) is 25.4 Å². The average molecular weight is 316 g/mol. The third kappa shape index (κ3) is 5.32. The largest absolute Gasteiger partial charge is 0.346 e. The molecule has 1 aliphatic rings. The molecule has 0 unspecified atom stereocenters. The Labute approximate surface area is 129 Å². The SMILES string of the molecule is Cl.NCC(=O)NCC(=O)N(Cc1ccc(F)cc1)C1CC1. The van der Waals surface area contributed by atoms with Crippen LogP contribution >= 0.6 is 12.4 Å². The van der Waals surface area contributed by atoms with Crippen molar-refractivity contribution in [3.8, 4) is 0 Å². The standard InChI is InChI=1S/C14H18FN3O2.ClH/c15-11-3-1-10(2-4-11)9-18(12-5-6-12)14(20)8-17-13(19)7-16;/h1-4,12H,5-9,16H2,(H,17,19);1H. The van der Waals surface area contributed by atoms with Gasteiger partial charge in [-0.3, -0.25) is 9.59 Å². The second-order valence-corrected chi connectivity index (χ2v) is 4.86. The zero-order chi connectivity index (χ0) is 14.5. The van der Waals surface area contributed by atoms with E-state index in [9.17, 15) is 14.0 Å². The Bertz CT molecular complexity index is 491. The van der Waals surface area contributed by atoms with Crippen molar-refractivity contribution in [2.75, 3.05) is 13.1 Å². The third-order valence-electron chi connectivity index (χ3n) is 3.20. The van der Waals surface area contributed by atoms with Crippen LogP contribution in [-0.2, 0) is 16.1 Å². The van der Waals surface area contributed by atoms with E-state index in [1.54, 1.807) is 17.0 Å². The zero-order valence-corrected chi connectivity index (χ0v) is 12.4. The topological polar surface area (TPSA) is 75.4 Å². The van der Waals surface area contributed by atoms with E-state index >= 15 is 0 Å². The number of amides is 2. The van der Waals surface area contributed by atoms with Gasteiger partial charge in [0.2, 0.25) is 11.8 Å². The minimum Gasteiger partial charge on any atom is -0.346 e. The van der Waals surface area contributed by atoms with Gasteiger partial charge in [0, 0.05) is 12.6 Å². The van der Waals surface area contributed by atoms with Crippen LogP contribution in [-0.4, -0.2) is 35.8 Å². The molecule has 1 aliphatic carbocycles. The van der Waals surface area contributed by atoms with Crippen molar-refractivity contribution in [1.29, 1.82) is 0 Å². The molecule has 0 aliphatic heterocycles. The maximum Gasteiger partial charge on any atom is 0.242 e. The van der Waals surface area contributed by atoms with Crippen LogP contribution in [0.4, 0.5) is 4.39 Å². The summed E-state index contributed by atoms with van der Waals surface area (Å²) < 4.78 is 12.9. The highest BCUT2D eigenvalue weighted by Crippen LogP contribution is 2.28. The molecule has 7 heteroatoms. The van der Waals surface area contributed by atoms with Gasteiger partial charge in [-0.25, -0.2) is 4.39 Å². The molecule has 0 atom stereocenters. The Morgan fingerprint density at radius 3 is 2.43 bits per heavy atom. The molecule has 116 valence electrons. The van der Waals surface area contributed by atoms with E-state index in [1.807, 2.05) is 0 Å². The van der Waals surface area contributed by atoms with Crippen molar-refractivity contribution < 1.29 is 14.0 Å². The predicted molar refractivity (Wildman–Crippen MR) is 79.3 cm³/mol. The third-order valence-corrected chi connectivity index (χ3v) is 3.20. The van der Waals surface area contributed by atoms with Gasteiger partial charge in [0.05, 0.1) is 13.1 Å². The quantitative estimate of drug-likeness (QED) is 0.816. The molecule has 5 nitrogen and oxygen atoms in total. The molecule has 1 saturated carbocycles. The number of nitrogens with one attached hydrogen (secondary N) is 1. The summed E-state index contributed by atoms with van der Waals surface area (Å²) in [7, 11) is 0. The Balaban J connectivity index is 0.00000220. The number of hydrogen-bond acceptors (Lipinski definition) is 3. The summed E-state index contributed by atoms with van der Waals surface area (Å²) >= 11 is 0. The van der Waals surface area contributed by atoms with Crippen molar-refractivity contribution in [2.24, 2.45) is 5.73 Å². The van der Waals surface area contributed by atoms with Gasteiger partial charge in [0.25, 0.3) is 0 Å². The Hall–Kier alpha value is -1.66. The zero-order valence-electron chi connectivity index (χ0n) is 11.5. The molecule has 1 aromatic carbocycles. The summed E-state index contributed by atoms with van der Waals surface area (Å²) in [5.41, 5.74) is 6.04. The number of nitrogens with zero attached hydrogens (tertiary/aromatic N) is 1. The maximum atomic E-state index is 12.9. The lowest BCUT2D eigenvalue weighted by molar-refractivity contribution is -0.133. The normalized spacial score (nSPS) is 13.2. The fourth-order valence-corrected chi connectivity index (χ4v) is 1.94. The Morgan fingerprint density at radius 2 is 1.90 bits per heavy atom. The fraction of sp³-hybridized carbons (Fsp3) is 0.429. The van der Waals surface area contributed by atoms with Crippen LogP contribution in [0.15, 0.2) is 24.3 Å². The average Bonchev–Trinajstić information content (AvgIpc) is 3.28. The molecule has 0 radical (unpaired) electrons. The minimum absolute atomic E-state index is 0. The van der Waals surface area contributed by atoms with Gasteiger partial charge in [-0.15, -0.1) is 12.4 Å². The molecule has 0 aromatic heterocycles. The summed E-state index contributed by atoms with van der Waals surface area (Å²) in [4.78, 5) is 24.9.